The molecule has 0 aliphatic carbocycles. The van der Waals surface area contributed by atoms with Gasteiger partial charge in [0.25, 0.3) is 0 Å². The second-order valence-corrected chi connectivity index (χ2v) is 1.77. The third-order valence-electron chi connectivity index (χ3n) is 0.879. The van der Waals surface area contributed by atoms with Crippen LogP contribution in [-0.4, -0.2) is 31.0 Å². The lowest BCUT2D eigenvalue weighted by Crippen LogP contribution is -2.56. The molecule has 0 aliphatic rings. The molecule has 0 fully saturated rings. The second kappa shape index (κ2) is 5.75. The van der Waals surface area contributed by atoms with E-state index in [1.807, 2.05) is 0 Å². The van der Waals surface area contributed by atoms with E-state index in [0.29, 0.717) is 19.8 Å². The Kier molecular flexibility index (Phi) is 5.51. The van der Waals surface area contributed by atoms with Gasteiger partial charge >= 0.3 is 0 Å². The maximum absolute atomic E-state index is 8.86. The number of quaternary nitrogens is 1. The molecular weight excluding hydrogens is 118 g/mol. The van der Waals surface area contributed by atoms with Crippen LogP contribution in [0.15, 0.2) is 12.7 Å². The average molecular weight is 132 g/mol. The van der Waals surface area contributed by atoms with Crippen LogP contribution >= 0.6 is 0 Å². The molecule has 3 heteroatoms. The molecule has 0 saturated carbocycles. The highest BCUT2D eigenvalue weighted by Gasteiger charge is 2.00. The van der Waals surface area contributed by atoms with Crippen molar-refractivity contribution < 1.29 is 15.6 Å². The highest BCUT2D eigenvalue weighted by molar-refractivity contribution is 4.64. The largest absolute Gasteiger partial charge is 0.385 e. The van der Waals surface area contributed by atoms with E-state index in [1.54, 1.807) is 6.08 Å². The Hall–Kier alpha value is -0.380. The van der Waals surface area contributed by atoms with Gasteiger partial charge in [-0.15, -0.1) is 6.58 Å². The highest BCUT2D eigenvalue weighted by atomic mass is 16.5. The molecule has 0 spiro atoms. The second-order valence-electron chi connectivity index (χ2n) is 1.77. The summed E-state index contributed by atoms with van der Waals surface area (Å²) in [5.74, 6) is 0. The fourth-order valence-electron chi connectivity index (χ4n) is 0.371. The van der Waals surface area contributed by atoms with E-state index in [1.165, 1.54) is 0 Å². The summed E-state index contributed by atoms with van der Waals surface area (Å²) in [6, 6.07) is 0. The number of rotatable bonds is 5. The Morgan fingerprint density at radius 3 is 2.89 bits per heavy atom. The first-order valence-corrected chi connectivity index (χ1v) is 2.97. The van der Waals surface area contributed by atoms with Gasteiger partial charge in [-0.2, -0.15) is 0 Å². The van der Waals surface area contributed by atoms with Crippen molar-refractivity contribution >= 4 is 0 Å². The molecule has 0 bridgehead atoms. The van der Waals surface area contributed by atoms with E-state index in [2.05, 4.69) is 12.3 Å². The molecule has 0 aliphatic heterocycles. The summed E-state index contributed by atoms with van der Waals surface area (Å²) in [4.78, 5) is 0. The van der Waals surface area contributed by atoms with Gasteiger partial charge in [0.05, 0.1) is 13.2 Å². The number of hydrogen-bond acceptors (Lipinski definition) is 2. The molecule has 0 saturated heterocycles. The standard InChI is InChI=1S/C6H13NO2/c1-2-3-9-5-6(8)4-7/h2,6,8H,1,3-5,7H2/p+1/t6-/m0/s1. The van der Waals surface area contributed by atoms with E-state index >= 15 is 0 Å². The number of aliphatic hydroxyl groups is 1. The Labute approximate surface area is 55.1 Å². The van der Waals surface area contributed by atoms with E-state index in [9.17, 15) is 0 Å². The first kappa shape index (κ1) is 8.62. The summed E-state index contributed by atoms with van der Waals surface area (Å²) in [5.41, 5.74) is 3.51. The minimum Gasteiger partial charge on any atom is -0.385 e. The zero-order valence-electron chi connectivity index (χ0n) is 5.55. The molecule has 0 rings (SSSR count). The predicted octanol–water partition coefficient (Wildman–Crippen LogP) is -1.21. The molecule has 4 N–H and O–H groups in total. The van der Waals surface area contributed by atoms with Crippen molar-refractivity contribution in [2.75, 3.05) is 19.8 Å². The van der Waals surface area contributed by atoms with Crippen LogP contribution in [0, 0.1) is 0 Å². The Bertz CT molecular complexity index is 75.5. The SMILES string of the molecule is C=CCOC[C@@H](O)C[NH3+]. The minimum atomic E-state index is -0.426. The molecule has 0 aromatic carbocycles. The number of aliphatic hydroxyl groups excluding tert-OH is 1. The van der Waals surface area contributed by atoms with Gasteiger partial charge in [-0.25, -0.2) is 0 Å². The molecular formula is C6H14NO2+. The Balaban J connectivity index is 2.96. The van der Waals surface area contributed by atoms with Gasteiger partial charge in [0.1, 0.15) is 12.6 Å². The lowest BCUT2D eigenvalue weighted by molar-refractivity contribution is -0.385. The van der Waals surface area contributed by atoms with Gasteiger partial charge in [-0.1, -0.05) is 6.08 Å². The topological polar surface area (TPSA) is 57.1 Å². The quantitative estimate of drug-likeness (QED) is 0.364. The third-order valence-corrected chi connectivity index (χ3v) is 0.879. The van der Waals surface area contributed by atoms with Crippen molar-refractivity contribution in [2.45, 2.75) is 6.10 Å². The molecule has 0 unspecified atom stereocenters. The Morgan fingerprint density at radius 2 is 2.44 bits per heavy atom. The summed E-state index contributed by atoms with van der Waals surface area (Å²) in [7, 11) is 0. The molecule has 1 atom stereocenters. The molecule has 0 radical (unpaired) electrons. The monoisotopic (exact) mass is 132 g/mol. The molecule has 0 heterocycles. The molecule has 9 heavy (non-hydrogen) atoms. The third kappa shape index (κ3) is 5.49. The molecule has 0 aromatic heterocycles. The lowest BCUT2D eigenvalue weighted by Gasteiger charge is -2.03. The minimum absolute atomic E-state index is 0.357. The van der Waals surface area contributed by atoms with Gasteiger partial charge in [0.2, 0.25) is 0 Å². The van der Waals surface area contributed by atoms with E-state index in [4.69, 9.17) is 9.84 Å². The predicted molar refractivity (Wildman–Crippen MR) is 34.8 cm³/mol. The fourth-order valence-corrected chi connectivity index (χ4v) is 0.371. The summed E-state index contributed by atoms with van der Waals surface area (Å²) < 4.78 is 4.93. The first-order chi connectivity index (χ1) is 4.31. The normalized spacial score (nSPS) is 13.1. The van der Waals surface area contributed by atoms with Gasteiger partial charge in [0, 0.05) is 0 Å². The summed E-state index contributed by atoms with van der Waals surface area (Å²) >= 11 is 0. The van der Waals surface area contributed by atoms with E-state index in [0.717, 1.165) is 0 Å². The average Bonchev–Trinajstić information content (AvgIpc) is 1.89. The summed E-state index contributed by atoms with van der Waals surface area (Å²) in [6.45, 7) is 4.81. The van der Waals surface area contributed by atoms with Crippen LogP contribution in [0.2, 0.25) is 0 Å². The maximum atomic E-state index is 8.86. The molecule has 3 nitrogen and oxygen atoms in total. The van der Waals surface area contributed by atoms with Crippen molar-refractivity contribution in [1.29, 1.82) is 0 Å². The maximum Gasteiger partial charge on any atom is 0.126 e. The highest BCUT2D eigenvalue weighted by Crippen LogP contribution is 1.80. The van der Waals surface area contributed by atoms with Crippen LogP contribution in [0.3, 0.4) is 0 Å². The van der Waals surface area contributed by atoms with Crippen molar-refractivity contribution in [2.24, 2.45) is 0 Å². The first-order valence-electron chi connectivity index (χ1n) is 2.97. The van der Waals surface area contributed by atoms with Crippen LogP contribution in [-0.2, 0) is 4.74 Å². The van der Waals surface area contributed by atoms with Crippen molar-refractivity contribution in [3.05, 3.63) is 12.7 Å². The lowest BCUT2D eigenvalue weighted by atomic mass is 10.4. The van der Waals surface area contributed by atoms with Crippen molar-refractivity contribution in [3.63, 3.8) is 0 Å². The van der Waals surface area contributed by atoms with E-state index < -0.39 is 6.10 Å². The fraction of sp³-hybridized carbons (Fsp3) is 0.667. The molecule has 0 aromatic rings. The van der Waals surface area contributed by atoms with Crippen molar-refractivity contribution in [1.82, 2.24) is 0 Å². The van der Waals surface area contributed by atoms with Crippen LogP contribution in [0.1, 0.15) is 0 Å². The zero-order chi connectivity index (χ0) is 7.11. The van der Waals surface area contributed by atoms with Gasteiger partial charge in [0.15, 0.2) is 0 Å². The summed E-state index contributed by atoms with van der Waals surface area (Å²) in [6.07, 6.45) is 1.22. The van der Waals surface area contributed by atoms with Gasteiger partial charge in [-0.3, -0.25) is 0 Å². The van der Waals surface area contributed by atoms with Crippen LogP contribution in [0.4, 0.5) is 0 Å². The van der Waals surface area contributed by atoms with Crippen LogP contribution < -0.4 is 5.73 Å². The van der Waals surface area contributed by atoms with Gasteiger partial charge in [-0.05, 0) is 0 Å². The van der Waals surface area contributed by atoms with Crippen molar-refractivity contribution in [3.8, 4) is 0 Å². The zero-order valence-corrected chi connectivity index (χ0v) is 5.55. The van der Waals surface area contributed by atoms with E-state index in [-0.39, 0.29) is 0 Å². The number of hydrogen-bond donors (Lipinski definition) is 2. The van der Waals surface area contributed by atoms with Gasteiger partial charge < -0.3 is 15.6 Å². The van der Waals surface area contributed by atoms with Crippen LogP contribution in [0.5, 0.6) is 0 Å². The summed E-state index contributed by atoms with van der Waals surface area (Å²) in [5, 5.41) is 8.86. The molecule has 0 amide bonds. The molecule has 54 valence electrons. The number of ether oxygens (including phenoxy) is 1. The Morgan fingerprint density at radius 1 is 1.78 bits per heavy atom. The smallest absolute Gasteiger partial charge is 0.126 e. The van der Waals surface area contributed by atoms with Crippen LogP contribution in [0.25, 0.3) is 0 Å².